The minimum absolute atomic E-state index is 0.426. The van der Waals surface area contributed by atoms with Crippen LogP contribution in [0.25, 0.3) is 22.5 Å². The van der Waals surface area contributed by atoms with E-state index in [1.165, 1.54) is 0 Å². The van der Waals surface area contributed by atoms with Crippen LogP contribution in [0, 0.1) is 0 Å². The molecule has 1 N–H and O–H groups in total. The normalized spacial score (nSPS) is 11.0. The third-order valence-electron chi connectivity index (χ3n) is 4.52. The summed E-state index contributed by atoms with van der Waals surface area (Å²) in [7, 11) is 3.29. The first-order valence-electron chi connectivity index (χ1n) is 9.22. The van der Waals surface area contributed by atoms with Crippen molar-refractivity contribution in [2.24, 2.45) is 10.2 Å². The fourth-order valence-corrected chi connectivity index (χ4v) is 3.21. The smallest absolute Gasteiger partial charge is 0.247 e. The number of imidazole rings is 1. The number of aromatic amines is 1. The van der Waals surface area contributed by atoms with Gasteiger partial charge in [-0.15, -0.1) is 10.2 Å². The van der Waals surface area contributed by atoms with Gasteiger partial charge in [0.25, 0.3) is 0 Å². The van der Waals surface area contributed by atoms with Crippen LogP contribution in [0.3, 0.4) is 0 Å². The maximum Gasteiger partial charge on any atom is 0.247 e. The maximum absolute atomic E-state index is 5.27. The van der Waals surface area contributed by atoms with Crippen LogP contribution in [0.4, 0.5) is 11.6 Å². The summed E-state index contributed by atoms with van der Waals surface area (Å²) < 4.78 is 11.5. The van der Waals surface area contributed by atoms with E-state index in [2.05, 4.69) is 31.1 Å². The first kappa shape index (κ1) is 19.8. The summed E-state index contributed by atoms with van der Waals surface area (Å²) in [6, 6.07) is 23.1. The molecule has 0 fully saturated rings. The molecule has 0 radical (unpaired) electrons. The predicted molar refractivity (Wildman–Crippen MR) is 121 cm³/mol. The van der Waals surface area contributed by atoms with E-state index in [0.29, 0.717) is 5.95 Å². The van der Waals surface area contributed by atoms with E-state index in [1.54, 1.807) is 14.2 Å². The molecule has 0 saturated heterocycles. The number of nitrogens with zero attached hydrogens (tertiary/aromatic N) is 3. The second kappa shape index (κ2) is 8.92. The fraction of sp³-hybridized carbons (Fsp3) is 0.0870. The summed E-state index contributed by atoms with van der Waals surface area (Å²) in [6.07, 6.45) is 0. The molecule has 0 aliphatic heterocycles. The minimum Gasteiger partial charge on any atom is -0.497 e. The summed E-state index contributed by atoms with van der Waals surface area (Å²) in [5.41, 5.74) is 4.30. The molecule has 0 saturated carbocycles. The van der Waals surface area contributed by atoms with Crippen LogP contribution in [-0.4, -0.2) is 24.2 Å². The predicted octanol–water partition coefficient (Wildman–Crippen LogP) is 6.94. The second-order valence-corrected chi connectivity index (χ2v) is 7.33. The highest BCUT2D eigenvalue weighted by Crippen LogP contribution is 2.34. The molecule has 0 spiro atoms. The highest BCUT2D eigenvalue weighted by Gasteiger charge is 2.14. The summed E-state index contributed by atoms with van der Waals surface area (Å²) in [5, 5.41) is 8.58. The Bertz CT molecular complexity index is 1090. The van der Waals surface area contributed by atoms with Crippen molar-refractivity contribution in [1.29, 1.82) is 0 Å². The Kier molecular flexibility index (Phi) is 5.90. The van der Waals surface area contributed by atoms with Crippen molar-refractivity contribution in [3.63, 3.8) is 0 Å². The van der Waals surface area contributed by atoms with E-state index in [9.17, 15) is 0 Å². The molecule has 7 heteroatoms. The largest absolute Gasteiger partial charge is 0.497 e. The first-order chi connectivity index (χ1) is 14.7. The van der Waals surface area contributed by atoms with Crippen LogP contribution in [0.15, 0.2) is 87.5 Å². The third kappa shape index (κ3) is 4.41. The molecule has 3 aromatic carbocycles. The highest BCUT2D eigenvalue weighted by molar-refractivity contribution is 9.10. The number of aromatic nitrogens is 2. The minimum atomic E-state index is 0.426. The topological polar surface area (TPSA) is 71.9 Å². The second-order valence-electron chi connectivity index (χ2n) is 6.42. The molecule has 1 heterocycles. The van der Waals surface area contributed by atoms with Crippen molar-refractivity contribution in [1.82, 2.24) is 9.97 Å². The van der Waals surface area contributed by atoms with Gasteiger partial charge in [0.05, 0.1) is 31.3 Å². The third-order valence-corrected chi connectivity index (χ3v) is 5.05. The molecule has 0 aliphatic rings. The molecule has 0 amide bonds. The first-order valence-corrected chi connectivity index (χ1v) is 10.0. The van der Waals surface area contributed by atoms with Gasteiger partial charge in [0.2, 0.25) is 5.95 Å². The van der Waals surface area contributed by atoms with Gasteiger partial charge in [0.15, 0.2) is 0 Å². The van der Waals surface area contributed by atoms with Crippen molar-refractivity contribution >= 4 is 27.6 Å². The van der Waals surface area contributed by atoms with E-state index in [-0.39, 0.29) is 0 Å². The van der Waals surface area contributed by atoms with Gasteiger partial charge >= 0.3 is 0 Å². The van der Waals surface area contributed by atoms with Gasteiger partial charge < -0.3 is 14.5 Å². The number of ether oxygens (including phenoxy) is 2. The van der Waals surface area contributed by atoms with E-state index in [4.69, 9.17) is 14.5 Å². The quantitative estimate of drug-likeness (QED) is 0.315. The lowest BCUT2D eigenvalue weighted by Crippen LogP contribution is -1.87. The molecular weight excluding hydrogens is 444 g/mol. The summed E-state index contributed by atoms with van der Waals surface area (Å²) in [4.78, 5) is 7.98. The maximum atomic E-state index is 5.27. The molecule has 0 bridgehead atoms. The zero-order valence-electron chi connectivity index (χ0n) is 16.5. The van der Waals surface area contributed by atoms with E-state index in [1.807, 2.05) is 72.8 Å². The Morgan fingerprint density at radius 3 is 1.87 bits per heavy atom. The fourth-order valence-electron chi connectivity index (χ4n) is 2.95. The number of hydrogen-bond acceptors (Lipinski definition) is 5. The lowest BCUT2D eigenvalue weighted by Gasteiger charge is -2.05. The number of nitrogens with one attached hydrogen (secondary N) is 1. The molecule has 4 aromatic rings. The monoisotopic (exact) mass is 462 g/mol. The Labute approximate surface area is 182 Å². The molecule has 0 unspecified atom stereocenters. The van der Waals surface area contributed by atoms with Crippen LogP contribution >= 0.6 is 15.9 Å². The molecule has 1 aromatic heterocycles. The SMILES string of the molecule is COc1ccc(-c2nc(N=Nc3ccc(Br)cc3)[nH]c2-c2ccc(OC)cc2)cc1. The molecular formula is C23H19BrN4O2. The zero-order chi connectivity index (χ0) is 20.9. The van der Waals surface area contributed by atoms with Gasteiger partial charge in [0, 0.05) is 15.6 Å². The van der Waals surface area contributed by atoms with Crippen LogP contribution < -0.4 is 9.47 Å². The lowest BCUT2D eigenvalue weighted by atomic mass is 10.0. The number of benzene rings is 3. The number of hydrogen-bond donors (Lipinski definition) is 1. The van der Waals surface area contributed by atoms with Gasteiger partial charge in [-0.25, -0.2) is 4.98 Å². The van der Waals surface area contributed by atoms with Crippen molar-refractivity contribution in [3.05, 3.63) is 77.3 Å². The molecule has 6 nitrogen and oxygen atoms in total. The molecule has 0 atom stereocenters. The highest BCUT2D eigenvalue weighted by atomic mass is 79.9. The Balaban J connectivity index is 1.74. The summed E-state index contributed by atoms with van der Waals surface area (Å²) in [6.45, 7) is 0. The van der Waals surface area contributed by atoms with Crippen LogP contribution in [-0.2, 0) is 0 Å². The Morgan fingerprint density at radius 2 is 1.30 bits per heavy atom. The van der Waals surface area contributed by atoms with Crippen molar-refractivity contribution in [2.45, 2.75) is 0 Å². The van der Waals surface area contributed by atoms with E-state index >= 15 is 0 Å². The Hall–Kier alpha value is -3.45. The molecule has 4 rings (SSSR count). The van der Waals surface area contributed by atoms with Gasteiger partial charge in [-0.1, -0.05) is 15.9 Å². The van der Waals surface area contributed by atoms with Crippen molar-refractivity contribution in [3.8, 4) is 34.0 Å². The van der Waals surface area contributed by atoms with E-state index < -0.39 is 0 Å². The molecule has 0 aliphatic carbocycles. The number of azo groups is 1. The number of halogens is 1. The average Bonchev–Trinajstić information content (AvgIpc) is 3.23. The number of methoxy groups -OCH3 is 2. The van der Waals surface area contributed by atoms with Gasteiger partial charge in [0.1, 0.15) is 11.5 Å². The van der Waals surface area contributed by atoms with Gasteiger partial charge in [-0.3, -0.25) is 0 Å². The lowest BCUT2D eigenvalue weighted by molar-refractivity contribution is 0.414. The van der Waals surface area contributed by atoms with Crippen LogP contribution in [0.1, 0.15) is 0 Å². The van der Waals surface area contributed by atoms with Gasteiger partial charge in [-0.2, -0.15) is 0 Å². The summed E-state index contributed by atoms with van der Waals surface area (Å²) in [5.74, 6) is 2.00. The summed E-state index contributed by atoms with van der Waals surface area (Å²) >= 11 is 3.42. The standard InChI is InChI=1S/C23H19BrN4O2/c1-29-19-11-3-15(4-12-19)21-22(16-5-13-20(30-2)14-6-16)26-23(25-21)28-27-18-9-7-17(24)8-10-18/h3-14H,1-2H3,(H,25,26). The van der Waals surface area contributed by atoms with Crippen LogP contribution in [0.2, 0.25) is 0 Å². The van der Waals surface area contributed by atoms with Gasteiger partial charge in [-0.05, 0) is 72.8 Å². The van der Waals surface area contributed by atoms with Crippen molar-refractivity contribution in [2.75, 3.05) is 14.2 Å². The average molecular weight is 463 g/mol. The molecule has 150 valence electrons. The number of H-pyrrole nitrogens is 1. The molecule has 30 heavy (non-hydrogen) atoms. The number of rotatable bonds is 6. The van der Waals surface area contributed by atoms with E-state index in [0.717, 1.165) is 44.2 Å². The van der Waals surface area contributed by atoms with Crippen LogP contribution in [0.5, 0.6) is 11.5 Å². The van der Waals surface area contributed by atoms with Crippen molar-refractivity contribution < 1.29 is 9.47 Å². The zero-order valence-corrected chi connectivity index (χ0v) is 18.1. The Morgan fingerprint density at radius 1 is 0.733 bits per heavy atom.